The van der Waals surface area contributed by atoms with E-state index in [2.05, 4.69) is 0 Å². The van der Waals surface area contributed by atoms with Crippen LogP contribution in [0.25, 0.3) is 0 Å². The highest BCUT2D eigenvalue weighted by Crippen LogP contribution is 2.67. The number of alkyl halides is 2. The van der Waals surface area contributed by atoms with Crippen LogP contribution in [0, 0.1) is 5.41 Å². The molecule has 0 bridgehead atoms. The van der Waals surface area contributed by atoms with Gasteiger partial charge in [-0.2, -0.15) is 0 Å². The van der Waals surface area contributed by atoms with Crippen LogP contribution in [0.4, 0.5) is 8.78 Å². The van der Waals surface area contributed by atoms with Crippen LogP contribution in [0.3, 0.4) is 0 Å². The summed E-state index contributed by atoms with van der Waals surface area (Å²) in [6.45, 7) is 0. The molecule has 2 aliphatic rings. The Labute approximate surface area is 86.0 Å². The zero-order chi connectivity index (χ0) is 10.6. The fourth-order valence-corrected chi connectivity index (χ4v) is 3.68. The van der Waals surface area contributed by atoms with E-state index < -0.39 is 25.6 Å². The lowest BCUT2D eigenvalue weighted by Gasteiger charge is -2.26. The number of halogens is 3. The molecule has 0 aromatic heterocycles. The van der Waals surface area contributed by atoms with Crippen molar-refractivity contribution in [1.82, 2.24) is 0 Å². The van der Waals surface area contributed by atoms with Gasteiger partial charge in [-0.25, -0.2) is 17.2 Å². The summed E-state index contributed by atoms with van der Waals surface area (Å²) in [5.41, 5.74) is -0.884. The van der Waals surface area contributed by atoms with E-state index in [-0.39, 0.29) is 32.1 Å². The van der Waals surface area contributed by atoms with Crippen LogP contribution in [0.1, 0.15) is 32.1 Å². The lowest BCUT2D eigenvalue weighted by atomic mass is 9.85. The molecular weight excluding hydrogens is 234 g/mol. The highest BCUT2D eigenvalue weighted by Gasteiger charge is 2.70. The van der Waals surface area contributed by atoms with E-state index in [0.717, 1.165) is 0 Å². The molecule has 0 aliphatic heterocycles. The predicted molar refractivity (Wildman–Crippen MR) is 49.0 cm³/mol. The van der Waals surface area contributed by atoms with E-state index in [4.69, 9.17) is 10.7 Å². The lowest BCUT2D eigenvalue weighted by Crippen LogP contribution is -2.27. The summed E-state index contributed by atoms with van der Waals surface area (Å²) in [5, 5.41) is -0.619. The Morgan fingerprint density at radius 2 is 1.64 bits per heavy atom. The molecule has 0 atom stereocenters. The van der Waals surface area contributed by atoms with Crippen molar-refractivity contribution < 1.29 is 17.2 Å². The third-order valence-corrected chi connectivity index (χ3v) is 5.52. The third kappa shape index (κ3) is 1.54. The van der Waals surface area contributed by atoms with Crippen molar-refractivity contribution in [3.8, 4) is 0 Å². The van der Waals surface area contributed by atoms with E-state index in [1.807, 2.05) is 0 Å². The van der Waals surface area contributed by atoms with E-state index in [9.17, 15) is 17.2 Å². The molecule has 0 aromatic carbocycles. The minimum Gasteiger partial charge on any atom is -0.212 e. The highest BCUT2D eigenvalue weighted by molar-refractivity contribution is 8.14. The molecule has 14 heavy (non-hydrogen) atoms. The Balaban J connectivity index is 2.01. The molecule has 2 fully saturated rings. The molecule has 0 amide bonds. The van der Waals surface area contributed by atoms with E-state index in [0.29, 0.717) is 0 Å². The molecule has 6 heteroatoms. The molecule has 0 N–H and O–H groups in total. The number of hydrogen-bond donors (Lipinski definition) is 0. The molecule has 2 aliphatic carbocycles. The zero-order valence-corrected chi connectivity index (χ0v) is 9.04. The minimum atomic E-state index is -3.56. The van der Waals surface area contributed by atoms with Gasteiger partial charge in [-0.15, -0.1) is 0 Å². The summed E-state index contributed by atoms with van der Waals surface area (Å²) in [6, 6.07) is 0. The second kappa shape index (κ2) is 2.82. The number of rotatable bonds is 1. The first-order valence-electron chi connectivity index (χ1n) is 4.58. The fraction of sp³-hybridized carbons (Fsp3) is 1.00. The SMILES string of the molecule is O=S(=O)(Cl)C1CCC2(CC1)CC2(F)F. The Kier molecular flexibility index (Phi) is 2.13. The number of hydrogen-bond acceptors (Lipinski definition) is 2. The van der Waals surface area contributed by atoms with Crippen LogP contribution in [0.5, 0.6) is 0 Å². The van der Waals surface area contributed by atoms with Crippen molar-refractivity contribution in [2.75, 3.05) is 0 Å². The van der Waals surface area contributed by atoms with Crippen molar-refractivity contribution >= 4 is 19.7 Å². The van der Waals surface area contributed by atoms with Crippen LogP contribution in [0.15, 0.2) is 0 Å². The van der Waals surface area contributed by atoms with Gasteiger partial charge in [0.1, 0.15) is 0 Å². The summed E-state index contributed by atoms with van der Waals surface area (Å²) in [6.07, 6.45) is 1.06. The van der Waals surface area contributed by atoms with Gasteiger partial charge >= 0.3 is 0 Å². The molecule has 0 aromatic rings. The van der Waals surface area contributed by atoms with Gasteiger partial charge in [0.15, 0.2) is 0 Å². The fourth-order valence-electron chi connectivity index (χ4n) is 2.35. The summed E-state index contributed by atoms with van der Waals surface area (Å²) >= 11 is 0. The Morgan fingerprint density at radius 3 is 1.93 bits per heavy atom. The van der Waals surface area contributed by atoms with Crippen LogP contribution in [-0.2, 0) is 9.05 Å². The van der Waals surface area contributed by atoms with E-state index in [1.165, 1.54) is 0 Å². The van der Waals surface area contributed by atoms with Crippen LogP contribution < -0.4 is 0 Å². The molecule has 82 valence electrons. The second-order valence-corrected chi connectivity index (χ2v) is 7.24. The average Bonchev–Trinajstić information content (AvgIpc) is 2.51. The second-order valence-electron chi connectivity index (χ2n) is 4.34. The maximum Gasteiger partial charge on any atom is 0.254 e. The Hall–Kier alpha value is 0.1000. The standard InChI is InChI=1S/C8H11ClF2O2S/c9-14(12,13)6-1-3-7(4-2-6)5-8(7,10)11/h6H,1-5H2. The van der Waals surface area contributed by atoms with Gasteiger partial charge in [-0.05, 0) is 25.7 Å². The van der Waals surface area contributed by atoms with Crippen LogP contribution in [-0.4, -0.2) is 19.6 Å². The van der Waals surface area contributed by atoms with E-state index >= 15 is 0 Å². The summed E-state index contributed by atoms with van der Waals surface area (Å²) in [5.74, 6) is -2.56. The Bertz CT molecular complexity index is 344. The average molecular weight is 245 g/mol. The maximum absolute atomic E-state index is 12.9. The monoisotopic (exact) mass is 244 g/mol. The molecule has 2 saturated carbocycles. The van der Waals surface area contributed by atoms with Gasteiger partial charge in [0, 0.05) is 22.5 Å². The first kappa shape index (κ1) is 10.6. The van der Waals surface area contributed by atoms with Gasteiger partial charge < -0.3 is 0 Å². The zero-order valence-electron chi connectivity index (χ0n) is 7.47. The molecule has 2 rings (SSSR count). The van der Waals surface area contributed by atoms with Crippen molar-refractivity contribution in [1.29, 1.82) is 0 Å². The topological polar surface area (TPSA) is 34.1 Å². The summed E-state index contributed by atoms with van der Waals surface area (Å²) in [7, 11) is 1.62. The molecule has 2 nitrogen and oxygen atoms in total. The largest absolute Gasteiger partial charge is 0.254 e. The van der Waals surface area contributed by atoms with Crippen molar-refractivity contribution in [3.05, 3.63) is 0 Å². The first-order chi connectivity index (χ1) is 6.27. The van der Waals surface area contributed by atoms with Gasteiger partial charge in [0.25, 0.3) is 5.92 Å². The third-order valence-electron chi connectivity index (χ3n) is 3.50. The molecule has 1 spiro atoms. The molecule has 0 unspecified atom stereocenters. The summed E-state index contributed by atoms with van der Waals surface area (Å²) < 4.78 is 47.7. The van der Waals surface area contributed by atoms with Gasteiger partial charge in [0.2, 0.25) is 9.05 Å². The van der Waals surface area contributed by atoms with Gasteiger partial charge in [-0.3, -0.25) is 0 Å². The lowest BCUT2D eigenvalue weighted by molar-refractivity contribution is 0.0486. The highest BCUT2D eigenvalue weighted by atomic mass is 35.7. The molecular formula is C8H11ClF2O2S. The molecule has 0 saturated heterocycles. The smallest absolute Gasteiger partial charge is 0.212 e. The van der Waals surface area contributed by atoms with Crippen LogP contribution >= 0.6 is 10.7 Å². The minimum absolute atomic E-state index is 0.0744. The van der Waals surface area contributed by atoms with Crippen molar-refractivity contribution in [2.24, 2.45) is 5.41 Å². The van der Waals surface area contributed by atoms with Crippen LogP contribution in [0.2, 0.25) is 0 Å². The van der Waals surface area contributed by atoms with Crippen molar-refractivity contribution in [3.63, 3.8) is 0 Å². The van der Waals surface area contributed by atoms with E-state index in [1.54, 1.807) is 0 Å². The van der Waals surface area contributed by atoms with Gasteiger partial charge in [-0.1, -0.05) is 0 Å². The Morgan fingerprint density at radius 1 is 1.21 bits per heavy atom. The first-order valence-corrected chi connectivity index (χ1v) is 6.95. The predicted octanol–water partition coefficient (Wildman–Crippen LogP) is 2.52. The van der Waals surface area contributed by atoms with Crippen molar-refractivity contribution in [2.45, 2.75) is 43.3 Å². The normalized spacial score (nSPS) is 41.2. The quantitative estimate of drug-likeness (QED) is 0.665. The molecule has 0 heterocycles. The molecule has 0 radical (unpaired) electrons. The van der Waals surface area contributed by atoms with Gasteiger partial charge in [0.05, 0.1) is 5.25 Å². The maximum atomic E-state index is 12.9. The summed E-state index contributed by atoms with van der Waals surface area (Å²) in [4.78, 5) is 0.